The van der Waals surface area contributed by atoms with Crippen LogP contribution in [0.4, 0.5) is 10.1 Å². The summed E-state index contributed by atoms with van der Waals surface area (Å²) in [4.78, 5) is 17.4. The fraction of sp³-hybridized carbons (Fsp3) is 0.0870. The molecule has 0 unspecified atom stereocenters. The Labute approximate surface area is 173 Å². The normalized spacial score (nSPS) is 10.8. The van der Waals surface area contributed by atoms with Crippen LogP contribution >= 0.6 is 0 Å². The number of nitrogens with two attached hydrogens (primary N) is 1. The van der Waals surface area contributed by atoms with Gasteiger partial charge < -0.3 is 10.6 Å². The molecule has 0 fully saturated rings. The Kier molecular flexibility index (Phi) is 5.02. The Morgan fingerprint density at radius 2 is 1.60 bits per heavy atom. The van der Waals surface area contributed by atoms with E-state index < -0.39 is 5.91 Å². The summed E-state index contributed by atoms with van der Waals surface area (Å²) in [7, 11) is 3.97. The molecule has 0 saturated carbocycles. The van der Waals surface area contributed by atoms with E-state index in [1.807, 2.05) is 67.5 Å². The molecule has 1 amide bonds. The Hall–Kier alpha value is -4.00. The minimum atomic E-state index is -0.706. The molecule has 6 nitrogen and oxygen atoms in total. The first kappa shape index (κ1) is 19.3. The highest BCUT2D eigenvalue weighted by atomic mass is 19.1. The van der Waals surface area contributed by atoms with Crippen LogP contribution in [0.25, 0.3) is 33.6 Å². The first-order valence-corrected chi connectivity index (χ1v) is 9.33. The number of primary amides is 1. The highest BCUT2D eigenvalue weighted by molar-refractivity contribution is 5.89. The van der Waals surface area contributed by atoms with Gasteiger partial charge in [-0.25, -0.2) is 9.37 Å². The number of hydrogen-bond donors (Lipinski definition) is 2. The number of rotatable bonds is 5. The second kappa shape index (κ2) is 7.79. The van der Waals surface area contributed by atoms with E-state index in [0.29, 0.717) is 11.1 Å². The highest BCUT2D eigenvalue weighted by Gasteiger charge is 2.15. The molecule has 0 spiro atoms. The zero-order valence-corrected chi connectivity index (χ0v) is 16.6. The molecule has 150 valence electrons. The zero-order chi connectivity index (χ0) is 21.3. The first-order valence-electron chi connectivity index (χ1n) is 9.33. The van der Waals surface area contributed by atoms with Gasteiger partial charge >= 0.3 is 0 Å². The lowest BCUT2D eigenvalue weighted by atomic mass is 9.93. The van der Waals surface area contributed by atoms with Crippen LogP contribution in [-0.4, -0.2) is 35.2 Å². The molecular weight excluding hydrogens is 381 g/mol. The average molecular weight is 401 g/mol. The Morgan fingerprint density at radius 3 is 2.23 bits per heavy atom. The predicted octanol–water partition coefficient (Wildman–Crippen LogP) is 4.11. The van der Waals surface area contributed by atoms with Crippen molar-refractivity contribution >= 4 is 11.6 Å². The van der Waals surface area contributed by atoms with Gasteiger partial charge in [-0.3, -0.25) is 9.89 Å². The maximum Gasteiger partial charge on any atom is 0.286 e. The van der Waals surface area contributed by atoms with Crippen LogP contribution in [0.15, 0.2) is 66.7 Å². The van der Waals surface area contributed by atoms with Crippen LogP contribution in [0.2, 0.25) is 0 Å². The first-order chi connectivity index (χ1) is 14.4. The van der Waals surface area contributed by atoms with Gasteiger partial charge in [0.05, 0.1) is 0 Å². The molecule has 0 aliphatic carbocycles. The van der Waals surface area contributed by atoms with E-state index in [-0.39, 0.29) is 17.5 Å². The van der Waals surface area contributed by atoms with Crippen molar-refractivity contribution in [2.45, 2.75) is 0 Å². The Bertz CT molecular complexity index is 1210. The number of amides is 1. The summed E-state index contributed by atoms with van der Waals surface area (Å²) in [5.41, 5.74) is 9.95. The van der Waals surface area contributed by atoms with Crippen LogP contribution in [0, 0.1) is 5.82 Å². The van der Waals surface area contributed by atoms with Gasteiger partial charge in [0.1, 0.15) is 5.82 Å². The molecule has 0 bridgehead atoms. The number of benzene rings is 3. The smallest absolute Gasteiger partial charge is 0.286 e. The zero-order valence-electron chi connectivity index (χ0n) is 16.6. The molecule has 4 rings (SSSR count). The lowest BCUT2D eigenvalue weighted by Gasteiger charge is -2.15. The quantitative estimate of drug-likeness (QED) is 0.527. The molecule has 0 atom stereocenters. The molecule has 3 N–H and O–H groups in total. The van der Waals surface area contributed by atoms with E-state index in [1.165, 1.54) is 6.07 Å². The van der Waals surface area contributed by atoms with Crippen molar-refractivity contribution in [2.24, 2.45) is 5.73 Å². The molecule has 3 aromatic carbocycles. The van der Waals surface area contributed by atoms with Crippen LogP contribution in [0.1, 0.15) is 10.6 Å². The standard InChI is InChI=1S/C23H20FN5O/c1-29(2)16-10-7-14(8-11-16)17-5-3-4-6-18(17)19-13-15(9-12-20(19)24)22-26-23(21(25)30)28-27-22/h3-13H,1-2H3,(H2,25,30)(H,26,27,28). The Morgan fingerprint density at radius 1 is 0.933 bits per heavy atom. The van der Waals surface area contributed by atoms with Gasteiger partial charge in [0.25, 0.3) is 5.91 Å². The molecule has 4 aromatic rings. The van der Waals surface area contributed by atoms with E-state index in [0.717, 1.165) is 22.4 Å². The van der Waals surface area contributed by atoms with Crippen molar-refractivity contribution in [3.05, 3.63) is 78.4 Å². The minimum Gasteiger partial charge on any atom is -0.378 e. The van der Waals surface area contributed by atoms with Gasteiger partial charge in [-0.2, -0.15) is 5.10 Å². The third-order valence-corrected chi connectivity index (χ3v) is 4.86. The van der Waals surface area contributed by atoms with Crippen molar-refractivity contribution in [3.8, 4) is 33.6 Å². The van der Waals surface area contributed by atoms with Gasteiger partial charge in [-0.05, 0) is 47.0 Å². The number of carbonyl (C=O) groups excluding carboxylic acids is 1. The summed E-state index contributed by atoms with van der Waals surface area (Å²) in [6.45, 7) is 0. The summed E-state index contributed by atoms with van der Waals surface area (Å²) in [6, 6.07) is 20.3. The van der Waals surface area contributed by atoms with E-state index in [1.54, 1.807) is 12.1 Å². The predicted molar refractivity (Wildman–Crippen MR) is 115 cm³/mol. The van der Waals surface area contributed by atoms with E-state index in [2.05, 4.69) is 15.2 Å². The van der Waals surface area contributed by atoms with Crippen LogP contribution in [0.3, 0.4) is 0 Å². The number of aromatic nitrogens is 3. The number of carbonyl (C=O) groups is 1. The number of nitrogens with zero attached hydrogens (tertiary/aromatic N) is 3. The SMILES string of the molecule is CN(C)c1ccc(-c2ccccc2-c2cc(-c3n[nH]c(C(N)=O)n3)ccc2F)cc1. The fourth-order valence-corrected chi connectivity index (χ4v) is 3.28. The lowest BCUT2D eigenvalue weighted by molar-refractivity contribution is 0.0991. The van der Waals surface area contributed by atoms with Gasteiger partial charge in [0.2, 0.25) is 5.82 Å². The summed E-state index contributed by atoms with van der Waals surface area (Å²) < 4.78 is 14.8. The lowest BCUT2D eigenvalue weighted by Crippen LogP contribution is -2.12. The van der Waals surface area contributed by atoms with Crippen molar-refractivity contribution in [2.75, 3.05) is 19.0 Å². The second-order valence-electron chi connectivity index (χ2n) is 7.05. The van der Waals surface area contributed by atoms with Crippen LogP contribution in [-0.2, 0) is 0 Å². The van der Waals surface area contributed by atoms with Crippen LogP contribution < -0.4 is 10.6 Å². The third kappa shape index (κ3) is 3.65. The number of anilines is 1. The van der Waals surface area contributed by atoms with Gasteiger partial charge in [-0.1, -0.05) is 36.4 Å². The number of halogens is 1. The molecule has 1 heterocycles. The maximum absolute atomic E-state index is 14.8. The summed E-state index contributed by atoms with van der Waals surface area (Å²) in [5, 5.41) is 6.51. The molecule has 0 saturated heterocycles. The number of hydrogen-bond acceptors (Lipinski definition) is 4. The van der Waals surface area contributed by atoms with Gasteiger partial charge in [0, 0.05) is 30.9 Å². The van der Waals surface area contributed by atoms with Crippen molar-refractivity contribution in [1.82, 2.24) is 15.2 Å². The maximum atomic E-state index is 14.8. The minimum absolute atomic E-state index is 0.0442. The molecule has 0 radical (unpaired) electrons. The van der Waals surface area contributed by atoms with Gasteiger partial charge in [-0.15, -0.1) is 0 Å². The number of H-pyrrole nitrogens is 1. The summed E-state index contributed by atoms with van der Waals surface area (Å²) in [6.07, 6.45) is 0. The molecular formula is C23H20FN5O. The monoisotopic (exact) mass is 401 g/mol. The van der Waals surface area contributed by atoms with Crippen molar-refractivity contribution in [1.29, 1.82) is 0 Å². The van der Waals surface area contributed by atoms with Crippen molar-refractivity contribution in [3.63, 3.8) is 0 Å². The van der Waals surface area contributed by atoms with Crippen molar-refractivity contribution < 1.29 is 9.18 Å². The van der Waals surface area contributed by atoms with Gasteiger partial charge in [0.15, 0.2) is 5.82 Å². The number of aromatic amines is 1. The largest absolute Gasteiger partial charge is 0.378 e. The summed E-state index contributed by atoms with van der Waals surface area (Å²) >= 11 is 0. The number of nitrogens with one attached hydrogen (secondary N) is 1. The molecule has 30 heavy (non-hydrogen) atoms. The summed E-state index contributed by atoms with van der Waals surface area (Å²) in [5.74, 6) is -0.834. The Balaban J connectivity index is 1.80. The molecule has 1 aromatic heterocycles. The molecule has 0 aliphatic heterocycles. The molecule has 0 aliphatic rings. The van der Waals surface area contributed by atoms with E-state index in [4.69, 9.17) is 5.73 Å². The highest BCUT2D eigenvalue weighted by Crippen LogP contribution is 2.35. The average Bonchev–Trinajstić information content (AvgIpc) is 3.25. The third-order valence-electron chi connectivity index (χ3n) is 4.86. The van der Waals surface area contributed by atoms with E-state index >= 15 is 0 Å². The topological polar surface area (TPSA) is 87.9 Å². The fourth-order valence-electron chi connectivity index (χ4n) is 3.28. The molecule has 7 heteroatoms. The van der Waals surface area contributed by atoms with E-state index in [9.17, 15) is 9.18 Å². The van der Waals surface area contributed by atoms with Crippen LogP contribution in [0.5, 0.6) is 0 Å². The second-order valence-corrected chi connectivity index (χ2v) is 7.05.